The van der Waals surface area contributed by atoms with E-state index in [-0.39, 0.29) is 29.6 Å². The average molecular weight is 398 g/mol. The third-order valence-electron chi connectivity index (χ3n) is 5.43. The molecule has 1 aromatic carbocycles. The number of nitriles is 1. The number of hydrogen-bond donors (Lipinski definition) is 3. The molecule has 1 aliphatic rings. The average Bonchev–Trinajstić information content (AvgIpc) is 3.10. The van der Waals surface area contributed by atoms with Gasteiger partial charge in [0.2, 0.25) is 5.91 Å². The summed E-state index contributed by atoms with van der Waals surface area (Å²) in [5.41, 5.74) is 0.892. The van der Waals surface area contributed by atoms with E-state index in [4.69, 9.17) is 0 Å². The van der Waals surface area contributed by atoms with Gasteiger partial charge in [0.1, 0.15) is 17.6 Å². The van der Waals surface area contributed by atoms with Crippen LogP contribution in [0.5, 0.6) is 0 Å². The molecule has 2 amide bonds. The van der Waals surface area contributed by atoms with E-state index in [1.165, 1.54) is 12.1 Å². The predicted molar refractivity (Wildman–Crippen MR) is 108 cm³/mol. The number of benzene rings is 1. The second-order valence-electron chi connectivity index (χ2n) is 8.21. The minimum absolute atomic E-state index is 0.180. The van der Waals surface area contributed by atoms with E-state index in [0.29, 0.717) is 36.4 Å². The van der Waals surface area contributed by atoms with Gasteiger partial charge in [0.25, 0.3) is 5.91 Å². The molecule has 1 aromatic heterocycles. The fourth-order valence-electron chi connectivity index (χ4n) is 3.98. The molecule has 6 nitrogen and oxygen atoms in total. The fraction of sp³-hybridized carbons (Fsp3) is 0.500. The molecule has 3 N–H and O–H groups in total. The Morgan fingerprint density at radius 3 is 2.76 bits per heavy atom. The van der Waals surface area contributed by atoms with Crippen LogP contribution in [0.1, 0.15) is 56.4 Å². The van der Waals surface area contributed by atoms with Crippen LogP contribution in [-0.2, 0) is 4.79 Å². The second-order valence-corrected chi connectivity index (χ2v) is 8.21. The van der Waals surface area contributed by atoms with Gasteiger partial charge in [0.05, 0.1) is 12.0 Å². The lowest BCUT2D eigenvalue weighted by atomic mass is 9.83. The largest absolute Gasteiger partial charge is 0.350 e. The maximum absolute atomic E-state index is 13.4. The number of halogens is 1. The highest BCUT2D eigenvalue weighted by Gasteiger charge is 2.33. The molecule has 0 aliphatic heterocycles. The number of H-pyrrole nitrogens is 1. The summed E-state index contributed by atoms with van der Waals surface area (Å²) >= 11 is 0. The SMILES string of the molecule is CC(C)CC(C#N)NC(=O)C1CCCCC1NC(=O)c1cc2ccc(F)cc2[nH]1. The molecule has 29 heavy (non-hydrogen) atoms. The molecule has 3 atom stereocenters. The van der Waals surface area contributed by atoms with Crippen LogP contribution in [0.25, 0.3) is 10.9 Å². The number of rotatable bonds is 6. The van der Waals surface area contributed by atoms with E-state index in [1.54, 1.807) is 12.1 Å². The number of aromatic amines is 1. The number of carbonyl (C=O) groups is 2. The Kier molecular flexibility index (Phi) is 6.53. The van der Waals surface area contributed by atoms with Crippen LogP contribution in [0.2, 0.25) is 0 Å². The van der Waals surface area contributed by atoms with Crippen molar-refractivity contribution in [1.29, 1.82) is 5.26 Å². The molecule has 0 spiro atoms. The van der Waals surface area contributed by atoms with Gasteiger partial charge in [-0.2, -0.15) is 5.26 Å². The van der Waals surface area contributed by atoms with Crippen molar-refractivity contribution in [3.63, 3.8) is 0 Å². The van der Waals surface area contributed by atoms with E-state index in [0.717, 1.165) is 18.2 Å². The molecular weight excluding hydrogens is 371 g/mol. The molecule has 1 heterocycles. The highest BCUT2D eigenvalue weighted by molar-refractivity contribution is 5.98. The minimum Gasteiger partial charge on any atom is -0.350 e. The Morgan fingerprint density at radius 1 is 1.28 bits per heavy atom. The van der Waals surface area contributed by atoms with Crippen LogP contribution in [0.15, 0.2) is 24.3 Å². The summed E-state index contributed by atoms with van der Waals surface area (Å²) in [6, 6.07) is 7.32. The van der Waals surface area contributed by atoms with Crippen molar-refractivity contribution in [3.05, 3.63) is 35.8 Å². The summed E-state index contributed by atoms with van der Waals surface area (Å²) in [6.45, 7) is 4.01. The number of hydrogen-bond acceptors (Lipinski definition) is 3. The molecule has 154 valence electrons. The molecule has 3 unspecified atom stereocenters. The molecule has 1 fully saturated rings. The van der Waals surface area contributed by atoms with Gasteiger partial charge in [-0.15, -0.1) is 0 Å². The Labute approximate surface area is 169 Å². The predicted octanol–water partition coefficient (Wildman–Crippen LogP) is 3.65. The lowest BCUT2D eigenvalue weighted by Gasteiger charge is -2.31. The number of fused-ring (bicyclic) bond motifs is 1. The summed E-state index contributed by atoms with van der Waals surface area (Å²) in [4.78, 5) is 28.5. The molecule has 1 aliphatic carbocycles. The molecular formula is C22H27FN4O2. The summed E-state index contributed by atoms with van der Waals surface area (Å²) in [7, 11) is 0. The van der Waals surface area contributed by atoms with Crippen LogP contribution in [0.3, 0.4) is 0 Å². The molecule has 0 radical (unpaired) electrons. The Balaban J connectivity index is 1.69. The molecule has 7 heteroatoms. The van der Waals surface area contributed by atoms with Crippen molar-refractivity contribution in [1.82, 2.24) is 15.6 Å². The summed E-state index contributed by atoms with van der Waals surface area (Å²) in [6.07, 6.45) is 3.82. The van der Waals surface area contributed by atoms with Gasteiger partial charge in [-0.25, -0.2) is 4.39 Å². The van der Waals surface area contributed by atoms with Crippen LogP contribution in [0.4, 0.5) is 4.39 Å². The van der Waals surface area contributed by atoms with Gasteiger partial charge in [-0.3, -0.25) is 9.59 Å². The summed E-state index contributed by atoms with van der Waals surface area (Å²) in [5, 5.41) is 15.9. The monoisotopic (exact) mass is 398 g/mol. The first-order valence-corrected chi connectivity index (χ1v) is 10.2. The zero-order valence-electron chi connectivity index (χ0n) is 16.8. The number of aromatic nitrogens is 1. The number of amides is 2. The van der Waals surface area contributed by atoms with Gasteiger partial charge < -0.3 is 15.6 Å². The van der Waals surface area contributed by atoms with Gasteiger partial charge in [-0.05, 0) is 49.4 Å². The minimum atomic E-state index is -0.524. The first kappa shape index (κ1) is 20.8. The maximum Gasteiger partial charge on any atom is 0.267 e. The highest BCUT2D eigenvalue weighted by atomic mass is 19.1. The van der Waals surface area contributed by atoms with E-state index in [1.807, 2.05) is 13.8 Å². The lowest BCUT2D eigenvalue weighted by Crippen LogP contribution is -2.50. The zero-order chi connectivity index (χ0) is 21.0. The molecule has 1 saturated carbocycles. The summed E-state index contributed by atoms with van der Waals surface area (Å²) in [5.74, 6) is -0.929. The number of nitrogens with zero attached hydrogens (tertiary/aromatic N) is 1. The van der Waals surface area contributed by atoms with Gasteiger partial charge in [0, 0.05) is 16.9 Å². The third-order valence-corrected chi connectivity index (χ3v) is 5.43. The van der Waals surface area contributed by atoms with Crippen molar-refractivity contribution < 1.29 is 14.0 Å². The Bertz CT molecular complexity index is 931. The first-order valence-electron chi connectivity index (χ1n) is 10.2. The second kappa shape index (κ2) is 9.08. The van der Waals surface area contributed by atoms with Crippen molar-refractivity contribution in [2.45, 2.75) is 58.0 Å². The number of nitrogens with one attached hydrogen (secondary N) is 3. The molecule has 0 saturated heterocycles. The quantitative estimate of drug-likeness (QED) is 0.693. The summed E-state index contributed by atoms with van der Waals surface area (Å²) < 4.78 is 13.4. The van der Waals surface area contributed by atoms with Crippen LogP contribution in [0, 0.1) is 29.0 Å². The third kappa shape index (κ3) is 5.14. The zero-order valence-corrected chi connectivity index (χ0v) is 16.8. The fourth-order valence-corrected chi connectivity index (χ4v) is 3.98. The molecule has 3 rings (SSSR count). The van der Waals surface area contributed by atoms with Gasteiger partial charge in [0.15, 0.2) is 0 Å². The van der Waals surface area contributed by atoms with E-state index in [2.05, 4.69) is 21.7 Å². The van der Waals surface area contributed by atoms with Crippen LogP contribution >= 0.6 is 0 Å². The molecule has 0 bridgehead atoms. The standard InChI is InChI=1S/C22H27FN4O2/c1-13(2)9-16(12-24)25-21(28)17-5-3-4-6-18(17)27-22(29)20-10-14-7-8-15(23)11-19(14)26-20/h7-8,10-11,13,16-18,26H,3-6,9H2,1-2H3,(H,25,28)(H,27,29). The highest BCUT2D eigenvalue weighted by Crippen LogP contribution is 2.26. The van der Waals surface area contributed by atoms with Gasteiger partial charge >= 0.3 is 0 Å². The topological polar surface area (TPSA) is 97.8 Å². The van der Waals surface area contributed by atoms with Crippen molar-refractivity contribution in [2.75, 3.05) is 0 Å². The van der Waals surface area contributed by atoms with E-state index in [9.17, 15) is 19.2 Å². The van der Waals surface area contributed by atoms with Gasteiger partial charge in [-0.1, -0.05) is 26.7 Å². The smallest absolute Gasteiger partial charge is 0.267 e. The van der Waals surface area contributed by atoms with E-state index < -0.39 is 6.04 Å². The van der Waals surface area contributed by atoms with Crippen molar-refractivity contribution in [3.8, 4) is 6.07 Å². The van der Waals surface area contributed by atoms with Crippen LogP contribution in [-0.4, -0.2) is 28.9 Å². The first-order chi connectivity index (χ1) is 13.9. The number of carbonyl (C=O) groups excluding carboxylic acids is 2. The van der Waals surface area contributed by atoms with Crippen LogP contribution < -0.4 is 10.6 Å². The Morgan fingerprint density at radius 2 is 2.03 bits per heavy atom. The molecule has 2 aromatic rings. The van der Waals surface area contributed by atoms with Crippen molar-refractivity contribution in [2.24, 2.45) is 11.8 Å². The maximum atomic E-state index is 13.4. The lowest BCUT2D eigenvalue weighted by molar-refractivity contribution is -0.127. The Hall–Kier alpha value is -2.88. The normalized spacial score (nSPS) is 20.2. The van der Waals surface area contributed by atoms with Crippen molar-refractivity contribution >= 4 is 22.7 Å². The van der Waals surface area contributed by atoms with E-state index >= 15 is 0 Å².